The van der Waals surface area contributed by atoms with Gasteiger partial charge >= 0.3 is 0 Å². The predicted octanol–water partition coefficient (Wildman–Crippen LogP) is 3.26. The number of carbonyl (C=O) groups excluding carboxylic acids is 1. The summed E-state index contributed by atoms with van der Waals surface area (Å²) in [6, 6.07) is 5.46. The molecule has 1 N–H and O–H groups in total. The van der Waals surface area contributed by atoms with Crippen LogP contribution in [0.1, 0.15) is 12.5 Å². The summed E-state index contributed by atoms with van der Waals surface area (Å²) >= 11 is 6.11. The molecule has 21 heavy (non-hydrogen) atoms. The maximum absolute atomic E-state index is 11.2. The number of anilines is 1. The smallest absolute Gasteiger partial charge is 0.222 e. The molecule has 2 heterocycles. The zero-order chi connectivity index (χ0) is 15.0. The highest BCUT2D eigenvalue weighted by Crippen LogP contribution is 2.46. The van der Waals surface area contributed by atoms with Crippen LogP contribution in [0.5, 0.6) is 11.5 Å². The summed E-state index contributed by atoms with van der Waals surface area (Å²) in [5.74, 6) is 1.46. The van der Waals surface area contributed by atoms with Crippen LogP contribution in [0.3, 0.4) is 0 Å². The fourth-order valence-corrected chi connectivity index (χ4v) is 2.56. The van der Waals surface area contributed by atoms with Crippen LogP contribution in [0.15, 0.2) is 24.4 Å². The van der Waals surface area contributed by atoms with E-state index in [-0.39, 0.29) is 5.91 Å². The number of nitrogens with zero attached hydrogens (tertiary/aromatic N) is 1. The molecule has 0 spiro atoms. The van der Waals surface area contributed by atoms with Crippen molar-refractivity contribution >= 4 is 23.3 Å². The lowest BCUT2D eigenvalue weighted by Crippen LogP contribution is -2.11. The summed E-state index contributed by atoms with van der Waals surface area (Å²) in [7, 11) is 1.55. The fourth-order valence-electron chi connectivity index (χ4n) is 2.33. The van der Waals surface area contributed by atoms with Gasteiger partial charge in [-0.15, -0.1) is 0 Å². The minimum Gasteiger partial charge on any atom is -0.491 e. The molecule has 1 aliphatic rings. The molecule has 0 fully saturated rings. The van der Waals surface area contributed by atoms with Gasteiger partial charge < -0.3 is 14.8 Å². The van der Waals surface area contributed by atoms with Gasteiger partial charge in [-0.2, -0.15) is 0 Å². The van der Waals surface area contributed by atoms with Crippen molar-refractivity contribution in [2.24, 2.45) is 0 Å². The molecule has 1 aromatic heterocycles. The number of rotatable bonds is 2. The first-order valence-electron chi connectivity index (χ1n) is 6.36. The molecule has 108 valence electrons. The maximum Gasteiger partial charge on any atom is 0.222 e. The molecule has 0 unspecified atom stereocenters. The molecule has 0 aliphatic carbocycles. The van der Waals surface area contributed by atoms with E-state index in [4.69, 9.17) is 21.1 Å². The van der Waals surface area contributed by atoms with E-state index in [0.29, 0.717) is 28.9 Å². The maximum atomic E-state index is 11.2. The fraction of sp³-hybridized carbons (Fsp3) is 0.200. The zero-order valence-electron chi connectivity index (χ0n) is 11.6. The standard InChI is InChI=1S/C15H13ClN2O3/c1-8(19)18-13-5-11-9(6-17-13)7-21-14-10(11)3-4-12(16)15(14)20-2/h3-6H,7H2,1-2H3,(H,17,18,19). The number of methoxy groups -OCH3 is 1. The van der Waals surface area contributed by atoms with Crippen LogP contribution < -0.4 is 14.8 Å². The highest BCUT2D eigenvalue weighted by Gasteiger charge is 2.23. The van der Waals surface area contributed by atoms with Gasteiger partial charge in [0.15, 0.2) is 11.5 Å². The van der Waals surface area contributed by atoms with E-state index < -0.39 is 0 Å². The normalized spacial score (nSPS) is 12.0. The molecule has 5 nitrogen and oxygen atoms in total. The Morgan fingerprint density at radius 3 is 2.95 bits per heavy atom. The number of ether oxygens (including phenoxy) is 2. The second kappa shape index (κ2) is 5.26. The van der Waals surface area contributed by atoms with E-state index in [1.165, 1.54) is 6.92 Å². The van der Waals surface area contributed by atoms with Crippen LogP contribution in [0.4, 0.5) is 5.82 Å². The Labute approximate surface area is 126 Å². The van der Waals surface area contributed by atoms with Crippen molar-refractivity contribution in [2.75, 3.05) is 12.4 Å². The van der Waals surface area contributed by atoms with Crippen molar-refractivity contribution in [3.8, 4) is 22.6 Å². The van der Waals surface area contributed by atoms with Gasteiger partial charge in [-0.25, -0.2) is 4.98 Å². The van der Waals surface area contributed by atoms with E-state index in [2.05, 4.69) is 10.3 Å². The number of pyridine rings is 1. The van der Waals surface area contributed by atoms with Gasteiger partial charge in [0.05, 0.1) is 12.1 Å². The molecule has 3 rings (SSSR count). The van der Waals surface area contributed by atoms with Gasteiger partial charge in [0.1, 0.15) is 12.4 Å². The van der Waals surface area contributed by atoms with Crippen molar-refractivity contribution in [2.45, 2.75) is 13.5 Å². The average Bonchev–Trinajstić information content (AvgIpc) is 2.46. The number of carbonyl (C=O) groups is 1. The van der Waals surface area contributed by atoms with Crippen LogP contribution in [-0.4, -0.2) is 18.0 Å². The minimum absolute atomic E-state index is 0.164. The van der Waals surface area contributed by atoms with E-state index in [1.807, 2.05) is 12.1 Å². The quantitative estimate of drug-likeness (QED) is 0.925. The second-order valence-electron chi connectivity index (χ2n) is 4.65. The first-order valence-corrected chi connectivity index (χ1v) is 6.74. The van der Waals surface area contributed by atoms with Crippen molar-refractivity contribution in [1.82, 2.24) is 4.98 Å². The monoisotopic (exact) mass is 304 g/mol. The Bertz CT molecular complexity index is 731. The predicted molar refractivity (Wildman–Crippen MR) is 79.9 cm³/mol. The number of nitrogens with one attached hydrogen (secondary N) is 1. The minimum atomic E-state index is -0.164. The van der Waals surface area contributed by atoms with Gasteiger partial charge in [0.25, 0.3) is 0 Å². The highest BCUT2D eigenvalue weighted by atomic mass is 35.5. The molecule has 1 aliphatic heterocycles. The summed E-state index contributed by atoms with van der Waals surface area (Å²) in [5, 5.41) is 3.17. The van der Waals surface area contributed by atoms with E-state index >= 15 is 0 Å². The SMILES string of the molecule is COc1c(Cl)ccc2c1OCc1cnc(NC(C)=O)cc1-2. The van der Waals surface area contributed by atoms with Gasteiger partial charge in [-0.05, 0) is 23.8 Å². The second-order valence-corrected chi connectivity index (χ2v) is 5.06. The molecule has 1 amide bonds. The first kappa shape index (κ1) is 13.7. The van der Waals surface area contributed by atoms with E-state index in [0.717, 1.165) is 16.7 Å². The zero-order valence-corrected chi connectivity index (χ0v) is 12.3. The van der Waals surface area contributed by atoms with Gasteiger partial charge in [0.2, 0.25) is 5.91 Å². The lowest BCUT2D eigenvalue weighted by atomic mass is 9.98. The Balaban J connectivity index is 2.15. The molecule has 0 radical (unpaired) electrons. The number of fused-ring (bicyclic) bond motifs is 3. The van der Waals surface area contributed by atoms with Crippen LogP contribution >= 0.6 is 11.6 Å². The third kappa shape index (κ3) is 2.40. The Morgan fingerprint density at radius 2 is 2.24 bits per heavy atom. The molecule has 0 atom stereocenters. The number of benzene rings is 1. The third-order valence-corrected chi connectivity index (χ3v) is 3.52. The molecule has 2 aromatic rings. The largest absolute Gasteiger partial charge is 0.491 e. The van der Waals surface area contributed by atoms with E-state index in [1.54, 1.807) is 19.4 Å². The molecule has 0 bridgehead atoms. The molecular weight excluding hydrogens is 292 g/mol. The number of hydrogen-bond acceptors (Lipinski definition) is 4. The summed E-state index contributed by atoms with van der Waals surface area (Å²) < 4.78 is 11.0. The van der Waals surface area contributed by atoms with Crippen molar-refractivity contribution in [3.05, 3.63) is 35.0 Å². The molecule has 1 aromatic carbocycles. The van der Waals surface area contributed by atoms with Crippen molar-refractivity contribution < 1.29 is 14.3 Å². The Hall–Kier alpha value is -2.27. The number of aromatic nitrogens is 1. The van der Waals surface area contributed by atoms with Crippen LogP contribution in [0, 0.1) is 0 Å². The van der Waals surface area contributed by atoms with Gasteiger partial charge in [-0.1, -0.05) is 11.6 Å². The van der Waals surface area contributed by atoms with Crippen LogP contribution in [0.25, 0.3) is 11.1 Å². The summed E-state index contributed by atoms with van der Waals surface area (Å²) in [6.07, 6.45) is 1.70. The Kier molecular flexibility index (Phi) is 3.43. The molecule has 0 saturated heterocycles. The lowest BCUT2D eigenvalue weighted by molar-refractivity contribution is -0.114. The van der Waals surface area contributed by atoms with Crippen molar-refractivity contribution in [3.63, 3.8) is 0 Å². The first-order chi connectivity index (χ1) is 10.1. The highest BCUT2D eigenvalue weighted by molar-refractivity contribution is 6.32. The molecule has 0 saturated carbocycles. The van der Waals surface area contributed by atoms with Crippen LogP contribution in [-0.2, 0) is 11.4 Å². The molecular formula is C15H13ClN2O3. The number of halogens is 1. The average molecular weight is 305 g/mol. The van der Waals surface area contributed by atoms with Crippen molar-refractivity contribution in [1.29, 1.82) is 0 Å². The number of hydrogen-bond donors (Lipinski definition) is 1. The third-order valence-electron chi connectivity index (χ3n) is 3.22. The summed E-state index contributed by atoms with van der Waals surface area (Å²) in [5.41, 5.74) is 2.76. The van der Waals surface area contributed by atoms with Gasteiger partial charge in [-0.3, -0.25) is 4.79 Å². The Morgan fingerprint density at radius 1 is 1.43 bits per heavy atom. The van der Waals surface area contributed by atoms with Crippen LogP contribution in [0.2, 0.25) is 5.02 Å². The topological polar surface area (TPSA) is 60.5 Å². The summed E-state index contributed by atoms with van der Waals surface area (Å²) in [6.45, 7) is 1.83. The lowest BCUT2D eigenvalue weighted by Gasteiger charge is -2.23. The molecule has 6 heteroatoms. The van der Waals surface area contributed by atoms with Gasteiger partial charge in [0, 0.05) is 24.2 Å². The summed E-state index contributed by atoms with van der Waals surface area (Å²) in [4.78, 5) is 15.4. The van der Waals surface area contributed by atoms with E-state index in [9.17, 15) is 4.79 Å². The number of amides is 1.